The highest BCUT2D eigenvalue weighted by Crippen LogP contribution is 2.21. The lowest BCUT2D eigenvalue weighted by molar-refractivity contribution is 0.111. The molecule has 1 heterocycles. The van der Waals surface area contributed by atoms with E-state index in [9.17, 15) is 9.59 Å². The number of pyridine rings is 1. The van der Waals surface area contributed by atoms with Gasteiger partial charge in [0.05, 0.1) is 25.3 Å². The number of hydrogen-bond donors (Lipinski definition) is 0. The third-order valence-electron chi connectivity index (χ3n) is 1.65. The molecular weight excluding hydrogens is 186 g/mol. The van der Waals surface area contributed by atoms with Gasteiger partial charge in [-0.05, 0) is 6.07 Å². The Hall–Kier alpha value is -1.91. The van der Waals surface area contributed by atoms with E-state index in [1.165, 1.54) is 20.3 Å². The number of rotatable bonds is 4. The molecule has 0 fully saturated rings. The number of ether oxygens (including phenoxy) is 2. The fourth-order valence-corrected chi connectivity index (χ4v) is 1.01. The Bertz CT molecular complexity index is 331. The van der Waals surface area contributed by atoms with Crippen LogP contribution in [-0.4, -0.2) is 31.8 Å². The van der Waals surface area contributed by atoms with Crippen molar-refractivity contribution in [1.29, 1.82) is 0 Å². The number of methoxy groups -OCH3 is 2. The van der Waals surface area contributed by atoms with Crippen LogP contribution in [0.3, 0.4) is 0 Å². The first-order valence-electron chi connectivity index (χ1n) is 3.80. The van der Waals surface area contributed by atoms with E-state index in [4.69, 9.17) is 9.47 Å². The van der Waals surface area contributed by atoms with Gasteiger partial charge in [0.1, 0.15) is 0 Å². The van der Waals surface area contributed by atoms with Gasteiger partial charge in [-0.15, -0.1) is 0 Å². The Morgan fingerprint density at radius 1 is 1.07 bits per heavy atom. The van der Waals surface area contributed by atoms with Gasteiger partial charge < -0.3 is 9.47 Å². The molecule has 0 amide bonds. The predicted molar refractivity (Wildman–Crippen MR) is 48.1 cm³/mol. The molecule has 0 spiro atoms. The number of carbonyl (C=O) groups excluding carboxylic acids is 2. The predicted octanol–water partition coefficient (Wildman–Crippen LogP) is 0.724. The second-order valence-electron chi connectivity index (χ2n) is 2.42. The molecule has 1 aromatic rings. The monoisotopic (exact) mass is 195 g/mol. The van der Waals surface area contributed by atoms with Crippen molar-refractivity contribution >= 4 is 12.6 Å². The SMILES string of the molecule is COc1nc(OC)c(C=O)cc1C=O. The summed E-state index contributed by atoms with van der Waals surface area (Å²) in [5, 5.41) is 0. The van der Waals surface area contributed by atoms with E-state index >= 15 is 0 Å². The van der Waals surface area contributed by atoms with Gasteiger partial charge in [0, 0.05) is 0 Å². The van der Waals surface area contributed by atoms with Crippen LogP contribution in [0.15, 0.2) is 6.07 Å². The fourth-order valence-electron chi connectivity index (χ4n) is 1.01. The van der Waals surface area contributed by atoms with Crippen molar-refractivity contribution in [2.45, 2.75) is 0 Å². The van der Waals surface area contributed by atoms with E-state index in [0.29, 0.717) is 12.6 Å². The molecule has 0 saturated heterocycles. The normalized spacial score (nSPS) is 9.29. The molecule has 0 atom stereocenters. The first-order chi connectivity index (χ1) is 6.76. The van der Waals surface area contributed by atoms with Crippen LogP contribution in [0.2, 0.25) is 0 Å². The zero-order valence-electron chi connectivity index (χ0n) is 7.81. The second-order valence-corrected chi connectivity index (χ2v) is 2.42. The lowest BCUT2D eigenvalue weighted by Gasteiger charge is -2.06. The molecule has 0 aliphatic rings. The van der Waals surface area contributed by atoms with Crippen molar-refractivity contribution in [2.75, 3.05) is 14.2 Å². The minimum atomic E-state index is 0.141. The molecule has 1 aromatic heterocycles. The third-order valence-corrected chi connectivity index (χ3v) is 1.65. The van der Waals surface area contributed by atoms with E-state index in [1.54, 1.807) is 0 Å². The molecule has 5 nitrogen and oxygen atoms in total. The minimum Gasteiger partial charge on any atom is -0.480 e. The van der Waals surface area contributed by atoms with E-state index in [0.717, 1.165) is 0 Å². The van der Waals surface area contributed by atoms with Gasteiger partial charge in [0.15, 0.2) is 12.6 Å². The van der Waals surface area contributed by atoms with Crippen molar-refractivity contribution in [2.24, 2.45) is 0 Å². The van der Waals surface area contributed by atoms with Crippen molar-refractivity contribution < 1.29 is 19.1 Å². The molecule has 1 rings (SSSR count). The van der Waals surface area contributed by atoms with Crippen LogP contribution in [0.1, 0.15) is 20.7 Å². The molecule has 0 aliphatic heterocycles. The number of hydrogen-bond acceptors (Lipinski definition) is 5. The standard InChI is InChI=1S/C9H9NO4/c1-13-8-6(4-11)3-7(5-12)9(10-8)14-2/h3-5H,1-2H3. The van der Waals surface area contributed by atoms with Crippen LogP contribution in [-0.2, 0) is 0 Å². The summed E-state index contributed by atoms with van der Waals surface area (Å²) in [6.45, 7) is 0. The molecule has 14 heavy (non-hydrogen) atoms. The first-order valence-corrected chi connectivity index (χ1v) is 3.80. The summed E-state index contributed by atoms with van der Waals surface area (Å²) in [5.74, 6) is 0.282. The molecule has 0 N–H and O–H groups in total. The van der Waals surface area contributed by atoms with Crippen LogP contribution in [0.5, 0.6) is 11.8 Å². The topological polar surface area (TPSA) is 65.5 Å². The number of nitrogens with zero attached hydrogens (tertiary/aromatic N) is 1. The average molecular weight is 195 g/mol. The maximum Gasteiger partial charge on any atom is 0.227 e. The average Bonchev–Trinajstić information content (AvgIpc) is 2.26. The Balaban J connectivity index is 3.34. The smallest absolute Gasteiger partial charge is 0.227 e. The molecule has 74 valence electrons. The number of carbonyl (C=O) groups is 2. The molecule has 0 saturated carbocycles. The van der Waals surface area contributed by atoms with Gasteiger partial charge >= 0.3 is 0 Å². The molecule has 0 bridgehead atoms. The number of aromatic nitrogens is 1. The Kier molecular flexibility index (Phi) is 3.17. The molecular formula is C9H9NO4. The highest BCUT2D eigenvalue weighted by Gasteiger charge is 2.11. The summed E-state index contributed by atoms with van der Waals surface area (Å²) >= 11 is 0. The first kappa shape index (κ1) is 10.2. The van der Waals surface area contributed by atoms with Gasteiger partial charge in [-0.3, -0.25) is 9.59 Å². The van der Waals surface area contributed by atoms with E-state index in [1.807, 2.05) is 0 Å². The lowest BCUT2D eigenvalue weighted by Crippen LogP contribution is -2.00. The van der Waals surface area contributed by atoms with Crippen molar-refractivity contribution in [3.63, 3.8) is 0 Å². The van der Waals surface area contributed by atoms with Gasteiger partial charge in [-0.2, -0.15) is 4.98 Å². The highest BCUT2D eigenvalue weighted by atomic mass is 16.5. The van der Waals surface area contributed by atoms with Gasteiger partial charge in [0.2, 0.25) is 11.8 Å². The quantitative estimate of drug-likeness (QED) is 0.662. The largest absolute Gasteiger partial charge is 0.480 e. The van der Waals surface area contributed by atoms with Crippen LogP contribution in [0.25, 0.3) is 0 Å². The Labute approximate surface area is 80.7 Å². The van der Waals surface area contributed by atoms with E-state index < -0.39 is 0 Å². The van der Waals surface area contributed by atoms with Crippen LogP contribution in [0.4, 0.5) is 0 Å². The van der Waals surface area contributed by atoms with Crippen molar-refractivity contribution in [3.05, 3.63) is 17.2 Å². The third kappa shape index (κ3) is 1.71. The van der Waals surface area contributed by atoms with Gasteiger partial charge in [0.25, 0.3) is 0 Å². The Morgan fingerprint density at radius 3 is 1.79 bits per heavy atom. The number of aldehydes is 2. The van der Waals surface area contributed by atoms with Crippen LogP contribution < -0.4 is 9.47 Å². The fraction of sp³-hybridized carbons (Fsp3) is 0.222. The summed E-state index contributed by atoms with van der Waals surface area (Å²) < 4.78 is 9.68. The zero-order chi connectivity index (χ0) is 10.6. The van der Waals surface area contributed by atoms with E-state index in [-0.39, 0.29) is 22.9 Å². The maximum absolute atomic E-state index is 10.6. The second kappa shape index (κ2) is 4.36. The van der Waals surface area contributed by atoms with Crippen molar-refractivity contribution in [3.8, 4) is 11.8 Å². The molecule has 5 heteroatoms. The Morgan fingerprint density at radius 2 is 1.50 bits per heavy atom. The summed E-state index contributed by atoms with van der Waals surface area (Å²) in [4.78, 5) is 25.0. The minimum absolute atomic E-state index is 0.141. The maximum atomic E-state index is 10.6. The van der Waals surface area contributed by atoms with Crippen LogP contribution >= 0.6 is 0 Å². The highest BCUT2D eigenvalue weighted by molar-refractivity contribution is 5.85. The van der Waals surface area contributed by atoms with Crippen molar-refractivity contribution in [1.82, 2.24) is 4.98 Å². The van der Waals surface area contributed by atoms with E-state index in [2.05, 4.69) is 4.98 Å². The molecule has 0 aromatic carbocycles. The lowest BCUT2D eigenvalue weighted by atomic mass is 10.2. The van der Waals surface area contributed by atoms with Crippen LogP contribution in [0, 0.1) is 0 Å². The molecule has 0 unspecified atom stereocenters. The zero-order valence-corrected chi connectivity index (χ0v) is 7.81. The summed E-state index contributed by atoms with van der Waals surface area (Å²) in [7, 11) is 2.77. The molecule has 0 aliphatic carbocycles. The van der Waals surface area contributed by atoms with Gasteiger partial charge in [-0.1, -0.05) is 0 Å². The molecule has 0 radical (unpaired) electrons. The summed E-state index contributed by atoms with van der Waals surface area (Å²) in [5.41, 5.74) is 0.436. The van der Waals surface area contributed by atoms with Gasteiger partial charge in [-0.25, -0.2) is 0 Å². The summed E-state index contributed by atoms with van der Waals surface area (Å²) in [6, 6.07) is 1.37. The summed E-state index contributed by atoms with van der Waals surface area (Å²) in [6.07, 6.45) is 1.14.